The minimum atomic E-state index is -3.45. The number of nitriles is 1. The summed E-state index contributed by atoms with van der Waals surface area (Å²) in [4.78, 5) is 24.2. The number of sulfone groups is 1. The number of hydrogen-bond donors (Lipinski definition) is 2. The van der Waals surface area contributed by atoms with Crippen LogP contribution in [0.25, 0.3) is 22.2 Å². The molecule has 0 aliphatic carbocycles. The summed E-state index contributed by atoms with van der Waals surface area (Å²) in [5.74, 6) is -1.06. The maximum Gasteiger partial charge on any atom is 0.419 e. The largest absolute Gasteiger partial charge is 0.419 e. The summed E-state index contributed by atoms with van der Waals surface area (Å²) in [5.41, 5.74) is 3.96. The van der Waals surface area contributed by atoms with Gasteiger partial charge >= 0.3 is 5.76 Å². The van der Waals surface area contributed by atoms with Crippen LogP contribution in [-0.2, 0) is 28.1 Å². The first-order valence-corrected chi connectivity index (χ1v) is 12.0. The number of rotatable bonds is 5. The van der Waals surface area contributed by atoms with Crippen LogP contribution in [-0.4, -0.2) is 43.8 Å². The minimum absolute atomic E-state index is 0.0678. The third-order valence-electron chi connectivity index (χ3n) is 5.47. The molecule has 0 bridgehead atoms. The molecule has 4 rings (SSSR count). The molecule has 1 atom stereocenters. The molecule has 0 saturated heterocycles. The van der Waals surface area contributed by atoms with E-state index >= 15 is 0 Å². The third-order valence-corrected chi connectivity index (χ3v) is 6.89. The molecule has 0 saturated carbocycles. The molecular weight excluding hydrogens is 444 g/mol. The van der Waals surface area contributed by atoms with Gasteiger partial charge in [0.15, 0.2) is 15.4 Å². The van der Waals surface area contributed by atoms with Gasteiger partial charge in [0.2, 0.25) is 5.91 Å². The third kappa shape index (κ3) is 5.05. The molecule has 170 valence electrons. The molecule has 1 aliphatic rings. The molecule has 9 nitrogen and oxygen atoms in total. The maximum absolute atomic E-state index is 12.5. The van der Waals surface area contributed by atoms with Crippen LogP contribution >= 0.6 is 0 Å². The second-order valence-electron chi connectivity index (χ2n) is 7.85. The van der Waals surface area contributed by atoms with Gasteiger partial charge < -0.3 is 15.1 Å². The number of fused-ring (bicyclic) bond motifs is 1. The number of aryl methyl sites for hydroxylation is 1. The van der Waals surface area contributed by atoms with Crippen LogP contribution in [0.1, 0.15) is 5.56 Å². The van der Waals surface area contributed by atoms with E-state index in [-0.39, 0.29) is 30.8 Å². The first kappa shape index (κ1) is 22.5. The topological polar surface area (TPSA) is 134 Å². The smallest absolute Gasteiger partial charge is 0.408 e. The standard InChI is InChI=1S/C23H22N4O5S/c1-27-20-11-17(6-7-21(20)32-23(27)29)16-4-2-15(3-5-16)10-19(12-24)26-22(28)18-13-25-8-9-33(30,31)14-18/h2-7,11,14,19,25H,8-10,13H2,1H3,(H,26,28)/t19-/m0/s1. The van der Waals surface area contributed by atoms with Gasteiger partial charge in [0.05, 0.1) is 17.3 Å². The molecule has 1 amide bonds. The van der Waals surface area contributed by atoms with Gasteiger partial charge in [-0.1, -0.05) is 30.3 Å². The van der Waals surface area contributed by atoms with Crippen LogP contribution < -0.4 is 16.4 Å². The number of oxazole rings is 1. The van der Waals surface area contributed by atoms with Gasteiger partial charge in [-0.05, 0) is 28.8 Å². The molecule has 1 aromatic heterocycles. The molecule has 0 fully saturated rings. The molecular formula is C23H22N4O5S. The lowest BCUT2D eigenvalue weighted by molar-refractivity contribution is -0.117. The van der Waals surface area contributed by atoms with Crippen molar-refractivity contribution in [3.05, 3.63) is 69.6 Å². The van der Waals surface area contributed by atoms with Gasteiger partial charge in [0.1, 0.15) is 6.04 Å². The molecule has 3 aromatic rings. The number of carbonyl (C=O) groups is 1. The molecule has 0 unspecified atom stereocenters. The molecule has 1 aliphatic heterocycles. The van der Waals surface area contributed by atoms with E-state index in [0.717, 1.165) is 22.1 Å². The second kappa shape index (κ2) is 9.05. The number of hydrogen-bond acceptors (Lipinski definition) is 7. The zero-order valence-corrected chi connectivity index (χ0v) is 18.7. The predicted molar refractivity (Wildman–Crippen MR) is 123 cm³/mol. The van der Waals surface area contributed by atoms with E-state index in [1.807, 2.05) is 36.4 Å². The zero-order valence-electron chi connectivity index (χ0n) is 17.9. The number of amides is 1. The second-order valence-corrected chi connectivity index (χ2v) is 9.82. The highest BCUT2D eigenvalue weighted by Gasteiger charge is 2.21. The van der Waals surface area contributed by atoms with Crippen LogP contribution in [0.4, 0.5) is 0 Å². The van der Waals surface area contributed by atoms with Gasteiger partial charge in [0, 0.05) is 37.5 Å². The quantitative estimate of drug-likeness (QED) is 0.578. The lowest BCUT2D eigenvalue weighted by Crippen LogP contribution is -2.38. The van der Waals surface area contributed by atoms with Crippen LogP contribution in [0.3, 0.4) is 0 Å². The minimum Gasteiger partial charge on any atom is -0.408 e. The zero-order chi connectivity index (χ0) is 23.6. The lowest BCUT2D eigenvalue weighted by atomic mass is 10.0. The molecule has 10 heteroatoms. The van der Waals surface area contributed by atoms with Gasteiger partial charge in [-0.25, -0.2) is 13.2 Å². The predicted octanol–water partition coefficient (Wildman–Crippen LogP) is 1.25. The first-order valence-electron chi connectivity index (χ1n) is 10.3. The number of aromatic nitrogens is 1. The summed E-state index contributed by atoms with van der Waals surface area (Å²) < 4.78 is 30.4. The van der Waals surface area contributed by atoms with Crippen molar-refractivity contribution in [3.63, 3.8) is 0 Å². The summed E-state index contributed by atoms with van der Waals surface area (Å²) in [6.45, 7) is 0.401. The van der Waals surface area contributed by atoms with E-state index in [2.05, 4.69) is 16.7 Å². The molecule has 2 N–H and O–H groups in total. The van der Waals surface area contributed by atoms with Gasteiger partial charge in [0.25, 0.3) is 0 Å². The Balaban J connectivity index is 1.47. The average Bonchev–Trinajstić information content (AvgIpc) is 2.95. The van der Waals surface area contributed by atoms with Crippen LogP contribution in [0.5, 0.6) is 0 Å². The molecule has 0 spiro atoms. The highest BCUT2D eigenvalue weighted by atomic mass is 32.2. The average molecular weight is 467 g/mol. The van der Waals surface area contributed by atoms with Crippen molar-refractivity contribution in [1.29, 1.82) is 5.26 Å². The Morgan fingerprint density at radius 1 is 1.24 bits per heavy atom. The Morgan fingerprint density at radius 3 is 2.70 bits per heavy atom. The highest BCUT2D eigenvalue weighted by Crippen LogP contribution is 2.24. The van der Waals surface area contributed by atoms with E-state index < -0.39 is 27.5 Å². The summed E-state index contributed by atoms with van der Waals surface area (Å²) in [5, 5.41) is 16.0. The Hall–Kier alpha value is -3.68. The number of nitrogens with zero attached hydrogens (tertiary/aromatic N) is 2. The maximum atomic E-state index is 12.5. The van der Waals surface area contributed by atoms with E-state index in [1.54, 1.807) is 13.1 Å². The van der Waals surface area contributed by atoms with Crippen molar-refractivity contribution in [1.82, 2.24) is 15.2 Å². The van der Waals surface area contributed by atoms with Crippen molar-refractivity contribution in [2.45, 2.75) is 12.5 Å². The highest BCUT2D eigenvalue weighted by molar-refractivity contribution is 7.94. The van der Waals surface area contributed by atoms with Crippen LogP contribution in [0.2, 0.25) is 0 Å². The molecule has 2 aromatic carbocycles. The lowest BCUT2D eigenvalue weighted by Gasteiger charge is -2.13. The van der Waals surface area contributed by atoms with Crippen LogP contribution in [0.15, 0.2) is 62.7 Å². The molecule has 33 heavy (non-hydrogen) atoms. The summed E-state index contributed by atoms with van der Waals surface area (Å²) in [6.07, 6.45) is 0.269. The fourth-order valence-electron chi connectivity index (χ4n) is 3.64. The molecule has 0 radical (unpaired) electrons. The summed E-state index contributed by atoms with van der Waals surface area (Å²) >= 11 is 0. The van der Waals surface area contributed by atoms with Gasteiger partial charge in [-0.3, -0.25) is 9.36 Å². The van der Waals surface area contributed by atoms with Crippen molar-refractivity contribution in [2.24, 2.45) is 7.05 Å². The van der Waals surface area contributed by atoms with E-state index in [0.29, 0.717) is 11.1 Å². The first-order chi connectivity index (χ1) is 15.8. The van der Waals surface area contributed by atoms with Crippen LogP contribution in [0, 0.1) is 11.3 Å². The fraction of sp³-hybridized carbons (Fsp3) is 0.261. The van der Waals surface area contributed by atoms with E-state index in [9.17, 15) is 23.3 Å². The van der Waals surface area contributed by atoms with Crippen molar-refractivity contribution < 1.29 is 17.6 Å². The van der Waals surface area contributed by atoms with E-state index in [4.69, 9.17) is 4.42 Å². The van der Waals surface area contributed by atoms with Crippen molar-refractivity contribution in [2.75, 3.05) is 18.8 Å². The number of carbonyl (C=O) groups excluding carboxylic acids is 1. The van der Waals surface area contributed by atoms with E-state index in [1.165, 1.54) is 4.57 Å². The van der Waals surface area contributed by atoms with Gasteiger partial charge in [-0.2, -0.15) is 5.26 Å². The summed E-state index contributed by atoms with van der Waals surface area (Å²) in [7, 11) is -1.81. The van der Waals surface area contributed by atoms with Gasteiger partial charge in [-0.15, -0.1) is 0 Å². The number of benzene rings is 2. The van der Waals surface area contributed by atoms with Crippen molar-refractivity contribution in [3.8, 4) is 17.2 Å². The summed E-state index contributed by atoms with van der Waals surface area (Å²) in [6, 6.07) is 14.3. The normalized spacial score (nSPS) is 16.4. The number of nitrogens with one attached hydrogen (secondary N) is 2. The Morgan fingerprint density at radius 2 is 1.97 bits per heavy atom. The SMILES string of the molecule is Cn1c(=O)oc2ccc(-c3ccc(C[C@@H](C#N)NC(=O)C4=CS(=O)(=O)CCNC4)cc3)cc21. The molecule has 2 heterocycles. The fourth-order valence-corrected chi connectivity index (χ4v) is 4.81. The Labute approximate surface area is 190 Å². The Kier molecular flexibility index (Phi) is 6.18. The van der Waals surface area contributed by atoms with Crippen molar-refractivity contribution >= 4 is 26.8 Å². The monoisotopic (exact) mass is 466 g/mol. The Bertz CT molecular complexity index is 1440.